The molecule has 2 rings (SSSR count). The van der Waals surface area contributed by atoms with Gasteiger partial charge in [-0.2, -0.15) is 0 Å². The van der Waals surface area contributed by atoms with Crippen LogP contribution in [0, 0.1) is 16.6 Å². The van der Waals surface area contributed by atoms with E-state index >= 15 is 0 Å². The maximum absolute atomic E-state index is 13.6. The summed E-state index contributed by atoms with van der Waals surface area (Å²) in [5.74, 6) is -0.359. The second kappa shape index (κ2) is 4.99. The van der Waals surface area contributed by atoms with E-state index in [-0.39, 0.29) is 27.2 Å². The van der Waals surface area contributed by atoms with Crippen molar-refractivity contribution in [1.82, 2.24) is 0 Å². The molecule has 0 spiro atoms. The molecule has 0 aromatic heterocycles. The minimum atomic E-state index is -0.359. The highest BCUT2D eigenvalue weighted by Gasteiger charge is 2.45. The van der Waals surface area contributed by atoms with Crippen molar-refractivity contribution in [2.45, 2.75) is 58.9 Å². The van der Waals surface area contributed by atoms with Crippen molar-refractivity contribution in [3.8, 4) is 0 Å². The molecule has 1 saturated carbocycles. The highest BCUT2D eigenvalue weighted by molar-refractivity contribution is 6.31. The molecule has 112 valence electrons. The fraction of sp³-hybridized carbons (Fsp3) is 0.647. The number of nitrogens with two attached hydrogens (primary N) is 1. The standard InChI is InChI=1S/C17H25ClFN/c1-15(2)9-16(3,4)11-17(20,10-15)8-12-6-5-7-13(19)14(12)18/h5-7H,8-11,20H2,1-4H3. The predicted molar refractivity (Wildman–Crippen MR) is 83.4 cm³/mol. The monoisotopic (exact) mass is 297 g/mol. The molecule has 1 aromatic carbocycles. The molecular formula is C17H25ClFN. The van der Waals surface area contributed by atoms with Gasteiger partial charge in [-0.05, 0) is 48.1 Å². The van der Waals surface area contributed by atoms with Gasteiger partial charge in [0, 0.05) is 5.54 Å². The average Bonchev–Trinajstić information content (AvgIpc) is 2.19. The quantitative estimate of drug-likeness (QED) is 0.820. The lowest BCUT2D eigenvalue weighted by molar-refractivity contribution is 0.0487. The number of hydrogen-bond acceptors (Lipinski definition) is 1. The third-order valence-corrected chi connectivity index (χ3v) is 4.62. The lowest BCUT2D eigenvalue weighted by atomic mass is 9.57. The lowest BCUT2D eigenvalue weighted by Gasteiger charge is -2.50. The van der Waals surface area contributed by atoms with Crippen LogP contribution in [0.1, 0.15) is 52.5 Å². The number of benzene rings is 1. The Hall–Kier alpha value is -0.600. The zero-order chi connectivity index (χ0) is 15.2. The third kappa shape index (κ3) is 3.53. The first-order valence-electron chi connectivity index (χ1n) is 7.24. The summed E-state index contributed by atoms with van der Waals surface area (Å²) in [5.41, 5.74) is 7.59. The van der Waals surface area contributed by atoms with E-state index in [0.29, 0.717) is 6.42 Å². The van der Waals surface area contributed by atoms with E-state index in [4.69, 9.17) is 17.3 Å². The summed E-state index contributed by atoms with van der Waals surface area (Å²) in [5, 5.41) is 0.221. The Labute approximate surface area is 126 Å². The normalized spacial score (nSPS) is 23.6. The Morgan fingerprint density at radius 2 is 1.65 bits per heavy atom. The first kappa shape index (κ1) is 15.8. The minimum Gasteiger partial charge on any atom is -0.325 e. The number of rotatable bonds is 2. The van der Waals surface area contributed by atoms with Gasteiger partial charge in [-0.1, -0.05) is 51.4 Å². The highest BCUT2D eigenvalue weighted by Crippen LogP contribution is 2.50. The summed E-state index contributed by atoms with van der Waals surface area (Å²) in [4.78, 5) is 0. The van der Waals surface area contributed by atoms with E-state index in [0.717, 1.165) is 24.8 Å². The van der Waals surface area contributed by atoms with Crippen molar-refractivity contribution >= 4 is 11.6 Å². The molecule has 3 heteroatoms. The van der Waals surface area contributed by atoms with E-state index < -0.39 is 0 Å². The second-order valence-electron chi connectivity index (χ2n) is 8.11. The summed E-state index contributed by atoms with van der Waals surface area (Å²) < 4.78 is 13.6. The van der Waals surface area contributed by atoms with Gasteiger partial charge in [0.05, 0.1) is 5.02 Å². The second-order valence-corrected chi connectivity index (χ2v) is 8.49. The highest BCUT2D eigenvalue weighted by atomic mass is 35.5. The van der Waals surface area contributed by atoms with E-state index in [1.807, 2.05) is 6.07 Å². The van der Waals surface area contributed by atoms with Crippen LogP contribution >= 0.6 is 11.6 Å². The summed E-state index contributed by atoms with van der Waals surface area (Å²) in [6.45, 7) is 9.07. The molecule has 0 heterocycles. The molecule has 1 nitrogen and oxygen atoms in total. The molecule has 1 aliphatic rings. The van der Waals surface area contributed by atoms with Gasteiger partial charge in [-0.25, -0.2) is 4.39 Å². The van der Waals surface area contributed by atoms with Gasteiger partial charge in [0.1, 0.15) is 5.82 Å². The van der Waals surface area contributed by atoms with Crippen LogP contribution in [0.25, 0.3) is 0 Å². The maximum atomic E-state index is 13.6. The van der Waals surface area contributed by atoms with Crippen LogP contribution in [0.15, 0.2) is 18.2 Å². The topological polar surface area (TPSA) is 26.0 Å². The SMILES string of the molecule is CC1(C)CC(C)(C)CC(N)(Cc2cccc(F)c2Cl)C1. The predicted octanol–water partition coefficient (Wildman–Crippen LogP) is 4.96. The van der Waals surface area contributed by atoms with Crippen LogP contribution in [0.2, 0.25) is 5.02 Å². The molecule has 0 unspecified atom stereocenters. The molecule has 20 heavy (non-hydrogen) atoms. The van der Waals surface area contributed by atoms with Crippen molar-refractivity contribution in [1.29, 1.82) is 0 Å². The van der Waals surface area contributed by atoms with Crippen LogP contribution in [0.5, 0.6) is 0 Å². The Bertz CT molecular complexity index is 492. The van der Waals surface area contributed by atoms with Crippen LogP contribution < -0.4 is 5.73 Å². The summed E-state index contributed by atoms with van der Waals surface area (Å²) in [6, 6.07) is 4.98. The number of halogens is 2. The van der Waals surface area contributed by atoms with Crippen molar-refractivity contribution in [2.24, 2.45) is 16.6 Å². The molecule has 2 N–H and O–H groups in total. The van der Waals surface area contributed by atoms with E-state index in [9.17, 15) is 4.39 Å². The molecule has 1 aromatic rings. The first-order valence-corrected chi connectivity index (χ1v) is 7.62. The molecule has 1 aliphatic carbocycles. The Morgan fingerprint density at radius 3 is 2.20 bits per heavy atom. The Balaban J connectivity index is 2.29. The molecule has 0 aliphatic heterocycles. The largest absolute Gasteiger partial charge is 0.325 e. The van der Waals surface area contributed by atoms with Crippen LogP contribution in [0.4, 0.5) is 4.39 Å². The van der Waals surface area contributed by atoms with Gasteiger partial charge < -0.3 is 5.73 Å². The Morgan fingerprint density at radius 1 is 1.10 bits per heavy atom. The van der Waals surface area contributed by atoms with Gasteiger partial charge in [-0.3, -0.25) is 0 Å². The fourth-order valence-corrected chi connectivity index (χ4v) is 4.77. The molecule has 0 saturated heterocycles. The average molecular weight is 298 g/mol. The smallest absolute Gasteiger partial charge is 0.142 e. The van der Waals surface area contributed by atoms with Gasteiger partial charge in [0.2, 0.25) is 0 Å². The molecule has 1 fully saturated rings. The summed E-state index contributed by atoms with van der Waals surface area (Å²) in [6.07, 6.45) is 3.68. The third-order valence-electron chi connectivity index (χ3n) is 4.19. The van der Waals surface area contributed by atoms with Crippen LogP contribution in [-0.4, -0.2) is 5.54 Å². The van der Waals surface area contributed by atoms with E-state index in [1.54, 1.807) is 6.07 Å². The van der Waals surface area contributed by atoms with Gasteiger partial charge in [-0.15, -0.1) is 0 Å². The molecule has 0 radical (unpaired) electrons. The Kier molecular flexibility index (Phi) is 3.94. The van der Waals surface area contributed by atoms with Crippen molar-refractivity contribution < 1.29 is 4.39 Å². The van der Waals surface area contributed by atoms with Gasteiger partial charge >= 0.3 is 0 Å². The van der Waals surface area contributed by atoms with Crippen molar-refractivity contribution in [2.75, 3.05) is 0 Å². The lowest BCUT2D eigenvalue weighted by Crippen LogP contribution is -2.53. The van der Waals surface area contributed by atoms with Crippen molar-refractivity contribution in [3.63, 3.8) is 0 Å². The summed E-state index contributed by atoms with van der Waals surface area (Å²) >= 11 is 6.09. The van der Waals surface area contributed by atoms with Crippen LogP contribution in [0.3, 0.4) is 0 Å². The number of hydrogen-bond donors (Lipinski definition) is 1. The molecule has 0 bridgehead atoms. The fourth-order valence-electron chi connectivity index (χ4n) is 4.58. The zero-order valence-electron chi connectivity index (χ0n) is 12.9. The van der Waals surface area contributed by atoms with E-state index in [2.05, 4.69) is 27.7 Å². The van der Waals surface area contributed by atoms with Crippen molar-refractivity contribution in [3.05, 3.63) is 34.6 Å². The first-order chi connectivity index (χ1) is 9.02. The maximum Gasteiger partial charge on any atom is 0.142 e. The summed E-state index contributed by atoms with van der Waals surface area (Å²) in [7, 11) is 0. The zero-order valence-corrected chi connectivity index (χ0v) is 13.6. The van der Waals surface area contributed by atoms with Gasteiger partial charge in [0.25, 0.3) is 0 Å². The van der Waals surface area contributed by atoms with Gasteiger partial charge in [0.15, 0.2) is 0 Å². The molecule has 0 amide bonds. The molecular weight excluding hydrogens is 273 g/mol. The van der Waals surface area contributed by atoms with Crippen LogP contribution in [-0.2, 0) is 6.42 Å². The molecule has 0 atom stereocenters. The van der Waals surface area contributed by atoms with E-state index in [1.165, 1.54) is 6.07 Å². The minimum absolute atomic E-state index is 0.205.